The third-order valence-corrected chi connectivity index (χ3v) is 2.71. The van der Waals surface area contributed by atoms with E-state index in [2.05, 4.69) is 12.2 Å². The van der Waals surface area contributed by atoms with Crippen molar-refractivity contribution in [2.75, 3.05) is 13.7 Å². The molecular weight excluding hydrogens is 178 g/mol. The smallest absolute Gasteiger partial charge is 0.127 e. The summed E-state index contributed by atoms with van der Waals surface area (Å²) in [4.78, 5) is 0. The van der Waals surface area contributed by atoms with E-state index in [4.69, 9.17) is 4.74 Å². The number of hydrogen-bond donors (Lipinski definition) is 2. The Hall–Kier alpha value is -1.22. The Morgan fingerprint density at radius 1 is 1.50 bits per heavy atom. The normalized spacial score (nSPS) is 20.3. The number of nitrogens with one attached hydrogen (secondary N) is 1. The lowest BCUT2D eigenvalue weighted by Gasteiger charge is -2.26. The molecule has 0 fully saturated rings. The molecule has 3 heteroatoms. The van der Waals surface area contributed by atoms with Gasteiger partial charge < -0.3 is 15.2 Å². The summed E-state index contributed by atoms with van der Waals surface area (Å²) in [6, 6.07) is 3.80. The van der Waals surface area contributed by atoms with Crippen molar-refractivity contribution in [2.45, 2.75) is 19.4 Å². The molecule has 0 spiro atoms. The fourth-order valence-electron chi connectivity index (χ4n) is 2.06. The molecular formula is C11H15NO2. The van der Waals surface area contributed by atoms with Crippen molar-refractivity contribution in [1.82, 2.24) is 5.32 Å². The molecule has 3 nitrogen and oxygen atoms in total. The van der Waals surface area contributed by atoms with Crippen LogP contribution < -0.4 is 10.1 Å². The number of phenolic OH excluding ortho intramolecular Hbond substituents is 1. The topological polar surface area (TPSA) is 41.5 Å². The van der Waals surface area contributed by atoms with Crippen LogP contribution in [0.1, 0.15) is 24.1 Å². The third-order valence-electron chi connectivity index (χ3n) is 2.71. The predicted octanol–water partition coefficient (Wildman–Crippen LogP) is 1.61. The molecule has 0 aromatic heterocycles. The van der Waals surface area contributed by atoms with Crippen molar-refractivity contribution in [3.8, 4) is 11.5 Å². The Bertz CT molecular complexity index is 332. The van der Waals surface area contributed by atoms with Crippen molar-refractivity contribution < 1.29 is 9.84 Å². The minimum absolute atomic E-state index is 0.287. The van der Waals surface area contributed by atoms with Crippen LogP contribution in [-0.2, 0) is 6.42 Å². The van der Waals surface area contributed by atoms with E-state index < -0.39 is 0 Å². The highest BCUT2D eigenvalue weighted by molar-refractivity contribution is 5.48. The Balaban J connectivity index is 2.55. The van der Waals surface area contributed by atoms with Gasteiger partial charge in [0.05, 0.1) is 7.11 Å². The van der Waals surface area contributed by atoms with Crippen molar-refractivity contribution in [2.24, 2.45) is 0 Å². The molecule has 0 aliphatic carbocycles. The van der Waals surface area contributed by atoms with Gasteiger partial charge in [0, 0.05) is 17.7 Å². The first-order valence-corrected chi connectivity index (χ1v) is 4.85. The zero-order chi connectivity index (χ0) is 10.1. The molecule has 1 aromatic rings. The average Bonchev–Trinajstić information content (AvgIpc) is 2.16. The summed E-state index contributed by atoms with van der Waals surface area (Å²) < 4.78 is 5.26. The van der Waals surface area contributed by atoms with Crippen LogP contribution in [-0.4, -0.2) is 18.8 Å². The van der Waals surface area contributed by atoms with E-state index >= 15 is 0 Å². The molecule has 76 valence electrons. The van der Waals surface area contributed by atoms with Gasteiger partial charge >= 0.3 is 0 Å². The van der Waals surface area contributed by atoms with E-state index in [1.807, 2.05) is 6.07 Å². The summed E-state index contributed by atoms with van der Waals surface area (Å²) in [7, 11) is 1.64. The Morgan fingerprint density at radius 2 is 2.29 bits per heavy atom. The molecule has 1 heterocycles. The number of fused-ring (bicyclic) bond motifs is 1. The number of ether oxygens (including phenoxy) is 1. The largest absolute Gasteiger partial charge is 0.508 e. The molecule has 1 aromatic carbocycles. The first-order chi connectivity index (χ1) is 6.72. The Labute approximate surface area is 83.7 Å². The zero-order valence-electron chi connectivity index (χ0n) is 8.50. The summed E-state index contributed by atoms with van der Waals surface area (Å²) in [5.74, 6) is 1.06. The highest BCUT2D eigenvalue weighted by Gasteiger charge is 2.20. The van der Waals surface area contributed by atoms with Crippen LogP contribution in [0.3, 0.4) is 0 Å². The van der Waals surface area contributed by atoms with Crippen molar-refractivity contribution >= 4 is 0 Å². The standard InChI is InChI=1S/C11H15NO2/c1-7-11-8(3-4-12-7)5-9(13)6-10(11)14-2/h5-7,12-13H,3-4H2,1-2H3. The average molecular weight is 193 g/mol. The maximum absolute atomic E-state index is 9.49. The number of rotatable bonds is 1. The minimum Gasteiger partial charge on any atom is -0.508 e. The van der Waals surface area contributed by atoms with E-state index in [1.54, 1.807) is 13.2 Å². The minimum atomic E-state index is 0.287. The van der Waals surface area contributed by atoms with Gasteiger partial charge in [0.1, 0.15) is 11.5 Å². The first-order valence-electron chi connectivity index (χ1n) is 4.85. The fourth-order valence-corrected chi connectivity index (χ4v) is 2.06. The highest BCUT2D eigenvalue weighted by atomic mass is 16.5. The second-order valence-electron chi connectivity index (χ2n) is 3.65. The molecule has 14 heavy (non-hydrogen) atoms. The van der Waals surface area contributed by atoms with Gasteiger partial charge in [0.2, 0.25) is 0 Å². The third kappa shape index (κ3) is 1.44. The number of aromatic hydroxyl groups is 1. The SMILES string of the molecule is COc1cc(O)cc2c1C(C)NCC2. The Morgan fingerprint density at radius 3 is 3.00 bits per heavy atom. The molecule has 1 atom stereocenters. The molecule has 0 radical (unpaired) electrons. The van der Waals surface area contributed by atoms with Crippen LogP contribution in [0.15, 0.2) is 12.1 Å². The second-order valence-corrected chi connectivity index (χ2v) is 3.65. The number of methoxy groups -OCH3 is 1. The van der Waals surface area contributed by atoms with Crippen LogP contribution in [0, 0.1) is 0 Å². The monoisotopic (exact) mass is 193 g/mol. The van der Waals surface area contributed by atoms with Gasteiger partial charge in [-0.15, -0.1) is 0 Å². The van der Waals surface area contributed by atoms with Gasteiger partial charge in [0.15, 0.2) is 0 Å². The van der Waals surface area contributed by atoms with Gasteiger partial charge in [-0.2, -0.15) is 0 Å². The Kier molecular flexibility index (Phi) is 2.33. The molecule has 2 N–H and O–H groups in total. The van der Waals surface area contributed by atoms with Gasteiger partial charge in [-0.25, -0.2) is 0 Å². The summed E-state index contributed by atoms with van der Waals surface area (Å²) >= 11 is 0. The van der Waals surface area contributed by atoms with Gasteiger partial charge in [-0.1, -0.05) is 0 Å². The van der Waals surface area contributed by atoms with Crippen LogP contribution in [0.4, 0.5) is 0 Å². The number of phenols is 1. The van der Waals surface area contributed by atoms with Crippen molar-refractivity contribution in [3.63, 3.8) is 0 Å². The molecule has 0 amide bonds. The van der Waals surface area contributed by atoms with Crippen molar-refractivity contribution in [3.05, 3.63) is 23.3 Å². The maximum atomic E-state index is 9.49. The van der Waals surface area contributed by atoms with Crippen LogP contribution >= 0.6 is 0 Å². The first kappa shape index (κ1) is 9.34. The molecule has 0 saturated heterocycles. The lowest BCUT2D eigenvalue weighted by atomic mass is 9.94. The van der Waals surface area contributed by atoms with E-state index in [1.165, 1.54) is 11.1 Å². The second kappa shape index (κ2) is 3.50. The van der Waals surface area contributed by atoms with E-state index in [-0.39, 0.29) is 5.75 Å². The van der Waals surface area contributed by atoms with Gasteiger partial charge in [-0.05, 0) is 31.5 Å². The molecule has 0 saturated carbocycles. The van der Waals surface area contributed by atoms with E-state index in [9.17, 15) is 5.11 Å². The molecule has 1 aliphatic heterocycles. The highest BCUT2D eigenvalue weighted by Crippen LogP contribution is 2.34. The maximum Gasteiger partial charge on any atom is 0.127 e. The fraction of sp³-hybridized carbons (Fsp3) is 0.455. The molecule has 1 unspecified atom stereocenters. The molecule has 2 rings (SSSR count). The van der Waals surface area contributed by atoms with Crippen LogP contribution in [0.25, 0.3) is 0 Å². The summed E-state index contributed by atoms with van der Waals surface area (Å²) in [6.45, 7) is 3.07. The van der Waals surface area contributed by atoms with Gasteiger partial charge in [0.25, 0.3) is 0 Å². The van der Waals surface area contributed by atoms with Crippen LogP contribution in [0.2, 0.25) is 0 Å². The summed E-state index contributed by atoms with van der Waals surface area (Å²) in [5.41, 5.74) is 2.37. The number of benzene rings is 1. The predicted molar refractivity (Wildman–Crippen MR) is 54.8 cm³/mol. The lowest BCUT2D eigenvalue weighted by Crippen LogP contribution is -2.28. The van der Waals surface area contributed by atoms with E-state index in [0.29, 0.717) is 6.04 Å². The quantitative estimate of drug-likeness (QED) is 0.712. The summed E-state index contributed by atoms with van der Waals surface area (Å²) in [6.07, 6.45) is 0.949. The lowest BCUT2D eigenvalue weighted by molar-refractivity contribution is 0.389. The van der Waals surface area contributed by atoms with Crippen LogP contribution in [0.5, 0.6) is 11.5 Å². The number of hydrogen-bond acceptors (Lipinski definition) is 3. The van der Waals surface area contributed by atoms with E-state index in [0.717, 1.165) is 18.7 Å². The summed E-state index contributed by atoms with van der Waals surface area (Å²) in [5, 5.41) is 12.9. The van der Waals surface area contributed by atoms with Crippen molar-refractivity contribution in [1.29, 1.82) is 0 Å². The zero-order valence-corrected chi connectivity index (χ0v) is 8.50. The van der Waals surface area contributed by atoms with Gasteiger partial charge in [-0.3, -0.25) is 0 Å². The molecule has 0 bridgehead atoms. The molecule has 1 aliphatic rings.